The van der Waals surface area contributed by atoms with Gasteiger partial charge in [-0.05, 0) is 30.5 Å². The first kappa shape index (κ1) is 7.92. The van der Waals surface area contributed by atoms with Gasteiger partial charge < -0.3 is 0 Å². The molecule has 0 aliphatic rings. The van der Waals surface area contributed by atoms with Crippen molar-refractivity contribution in [2.75, 3.05) is 0 Å². The van der Waals surface area contributed by atoms with Crippen LogP contribution < -0.4 is 0 Å². The highest BCUT2D eigenvalue weighted by Crippen LogP contribution is 2.12. The van der Waals surface area contributed by atoms with Crippen LogP contribution in [0.3, 0.4) is 0 Å². The van der Waals surface area contributed by atoms with Crippen molar-refractivity contribution in [3.05, 3.63) is 39.8 Å². The zero-order valence-corrected chi connectivity index (χ0v) is 6.79. The summed E-state index contributed by atoms with van der Waals surface area (Å²) in [5.74, 6) is 0. The molecule has 1 aromatic carbocycles. The highest BCUT2D eigenvalue weighted by molar-refractivity contribution is 5.32. The highest BCUT2D eigenvalue weighted by Gasteiger charge is 1.98. The van der Waals surface area contributed by atoms with E-state index in [1.165, 1.54) is 11.1 Å². The molecule has 2 nitrogen and oxygen atoms in total. The van der Waals surface area contributed by atoms with Gasteiger partial charge in [0.15, 0.2) is 0 Å². The van der Waals surface area contributed by atoms with Crippen LogP contribution in [0, 0.1) is 18.8 Å². The Balaban J connectivity index is 3.05. The second-order valence-electron chi connectivity index (χ2n) is 2.65. The van der Waals surface area contributed by atoms with Gasteiger partial charge in [-0.25, -0.2) is 0 Å². The van der Waals surface area contributed by atoms with Crippen LogP contribution in [0.1, 0.15) is 16.7 Å². The summed E-state index contributed by atoms with van der Waals surface area (Å²) in [6, 6.07) is 5.91. The second kappa shape index (κ2) is 3.28. The molecule has 0 bridgehead atoms. The average Bonchev–Trinajstić information content (AvgIpc) is 1.99. The molecule has 0 heterocycles. The van der Waals surface area contributed by atoms with Gasteiger partial charge in [-0.3, -0.25) is 0 Å². The van der Waals surface area contributed by atoms with Crippen molar-refractivity contribution < 1.29 is 0 Å². The van der Waals surface area contributed by atoms with Gasteiger partial charge in [-0.15, -0.1) is 0 Å². The topological polar surface area (TPSA) is 29.4 Å². The molecule has 0 spiro atoms. The molecule has 1 rings (SSSR count). The smallest absolute Gasteiger partial charge is 0.106 e. The minimum absolute atomic E-state index is 0.285. The van der Waals surface area contributed by atoms with E-state index in [0.29, 0.717) is 0 Å². The van der Waals surface area contributed by atoms with Crippen molar-refractivity contribution in [2.45, 2.75) is 20.4 Å². The van der Waals surface area contributed by atoms with Crippen molar-refractivity contribution in [2.24, 2.45) is 5.18 Å². The maximum Gasteiger partial charge on any atom is 0.106 e. The molecule has 0 N–H and O–H groups in total. The molecule has 1 aromatic rings. The van der Waals surface area contributed by atoms with Gasteiger partial charge in [0, 0.05) is 0 Å². The van der Waals surface area contributed by atoms with Crippen LogP contribution >= 0.6 is 0 Å². The summed E-state index contributed by atoms with van der Waals surface area (Å²) in [7, 11) is 0. The van der Waals surface area contributed by atoms with Crippen LogP contribution in [0.5, 0.6) is 0 Å². The third-order valence-corrected chi connectivity index (χ3v) is 1.95. The molecule has 11 heavy (non-hydrogen) atoms. The second-order valence-corrected chi connectivity index (χ2v) is 2.65. The summed E-state index contributed by atoms with van der Waals surface area (Å²) in [6.07, 6.45) is 0. The maximum atomic E-state index is 9.99. The fraction of sp³-hybridized carbons (Fsp3) is 0.333. The average molecular weight is 149 g/mol. The Hall–Kier alpha value is -1.18. The van der Waals surface area contributed by atoms with Crippen LogP contribution in [0.25, 0.3) is 0 Å². The van der Waals surface area contributed by atoms with Gasteiger partial charge in [0.1, 0.15) is 6.54 Å². The van der Waals surface area contributed by atoms with E-state index >= 15 is 0 Å². The van der Waals surface area contributed by atoms with Crippen LogP contribution in [0.15, 0.2) is 23.4 Å². The maximum absolute atomic E-state index is 9.99. The van der Waals surface area contributed by atoms with E-state index < -0.39 is 0 Å². The minimum atomic E-state index is 0.285. The highest BCUT2D eigenvalue weighted by atomic mass is 16.3. The van der Waals surface area contributed by atoms with Gasteiger partial charge in [0.2, 0.25) is 0 Å². The third kappa shape index (κ3) is 1.64. The number of nitroso groups, excluding NO2 is 1. The minimum Gasteiger partial charge on any atom is -0.150 e. The SMILES string of the molecule is Cc1cccc(CN=O)c1C. The van der Waals surface area contributed by atoms with Gasteiger partial charge >= 0.3 is 0 Å². The fourth-order valence-electron chi connectivity index (χ4n) is 1.05. The number of rotatable bonds is 2. The van der Waals surface area contributed by atoms with Crippen molar-refractivity contribution >= 4 is 0 Å². The number of hydrogen-bond acceptors (Lipinski definition) is 2. The predicted octanol–water partition coefficient (Wildman–Crippen LogP) is 2.57. The Labute approximate surface area is 66.2 Å². The van der Waals surface area contributed by atoms with Crippen LogP contribution in [0.2, 0.25) is 0 Å². The normalized spacial score (nSPS) is 9.64. The Bertz CT molecular complexity index is 268. The number of hydrogen-bond donors (Lipinski definition) is 0. The van der Waals surface area contributed by atoms with Crippen molar-refractivity contribution in [3.63, 3.8) is 0 Å². The summed E-state index contributed by atoms with van der Waals surface area (Å²) in [4.78, 5) is 9.99. The van der Waals surface area contributed by atoms with Crippen molar-refractivity contribution in [1.29, 1.82) is 0 Å². The zero-order chi connectivity index (χ0) is 8.27. The molecule has 0 atom stereocenters. The molecule has 0 fully saturated rings. The number of aryl methyl sites for hydroxylation is 1. The van der Waals surface area contributed by atoms with E-state index in [1.807, 2.05) is 32.0 Å². The lowest BCUT2D eigenvalue weighted by atomic mass is 10.0. The molecule has 0 radical (unpaired) electrons. The quantitative estimate of drug-likeness (QED) is 0.594. The number of benzene rings is 1. The molecule has 0 aliphatic carbocycles. The fourth-order valence-corrected chi connectivity index (χ4v) is 1.05. The Kier molecular flexibility index (Phi) is 2.36. The summed E-state index contributed by atoms with van der Waals surface area (Å²) >= 11 is 0. The molecular formula is C9H11NO. The molecule has 2 heteroatoms. The van der Waals surface area contributed by atoms with E-state index in [1.54, 1.807) is 0 Å². The molecule has 0 aromatic heterocycles. The zero-order valence-electron chi connectivity index (χ0n) is 6.79. The number of nitrogens with zero attached hydrogens (tertiary/aromatic N) is 1. The van der Waals surface area contributed by atoms with Crippen molar-refractivity contribution in [1.82, 2.24) is 0 Å². The van der Waals surface area contributed by atoms with E-state index in [-0.39, 0.29) is 6.54 Å². The Morgan fingerprint density at radius 2 is 2.09 bits per heavy atom. The van der Waals surface area contributed by atoms with Gasteiger partial charge in [-0.2, -0.15) is 4.91 Å². The lowest BCUT2D eigenvalue weighted by Crippen LogP contribution is -1.88. The molecule has 58 valence electrons. The molecule has 0 amide bonds. The first-order chi connectivity index (χ1) is 5.25. The summed E-state index contributed by atoms with van der Waals surface area (Å²) in [6.45, 7) is 4.33. The van der Waals surface area contributed by atoms with Gasteiger partial charge in [0.05, 0.1) is 0 Å². The summed E-state index contributed by atoms with van der Waals surface area (Å²) < 4.78 is 0. The van der Waals surface area contributed by atoms with Gasteiger partial charge in [0.25, 0.3) is 0 Å². The molecule has 0 unspecified atom stereocenters. The third-order valence-electron chi connectivity index (χ3n) is 1.95. The van der Waals surface area contributed by atoms with Crippen LogP contribution in [-0.4, -0.2) is 0 Å². The van der Waals surface area contributed by atoms with Crippen LogP contribution in [-0.2, 0) is 6.54 Å². The molecule has 0 aliphatic heterocycles. The van der Waals surface area contributed by atoms with E-state index in [2.05, 4.69) is 5.18 Å². The standard InChI is InChI=1S/C9H11NO/c1-7-4-3-5-9(6-10-11)8(7)2/h3-5H,6H2,1-2H3. The lowest BCUT2D eigenvalue weighted by Gasteiger charge is -2.03. The monoisotopic (exact) mass is 149 g/mol. The lowest BCUT2D eigenvalue weighted by molar-refractivity contribution is 1.03. The van der Waals surface area contributed by atoms with E-state index in [4.69, 9.17) is 0 Å². The van der Waals surface area contributed by atoms with E-state index in [9.17, 15) is 4.91 Å². The molecular weight excluding hydrogens is 138 g/mol. The first-order valence-corrected chi connectivity index (χ1v) is 3.60. The summed E-state index contributed by atoms with van der Waals surface area (Å²) in [5, 5.41) is 2.86. The molecule has 0 saturated carbocycles. The first-order valence-electron chi connectivity index (χ1n) is 3.60. The van der Waals surface area contributed by atoms with Crippen molar-refractivity contribution in [3.8, 4) is 0 Å². The predicted molar refractivity (Wildman–Crippen MR) is 45.4 cm³/mol. The van der Waals surface area contributed by atoms with Crippen LogP contribution in [0.4, 0.5) is 0 Å². The summed E-state index contributed by atoms with van der Waals surface area (Å²) in [5.41, 5.74) is 3.42. The Morgan fingerprint density at radius 3 is 2.73 bits per heavy atom. The molecule has 0 saturated heterocycles. The Morgan fingerprint density at radius 1 is 1.36 bits per heavy atom. The van der Waals surface area contributed by atoms with E-state index in [0.717, 1.165) is 5.56 Å². The largest absolute Gasteiger partial charge is 0.150 e. The van der Waals surface area contributed by atoms with Gasteiger partial charge in [-0.1, -0.05) is 23.4 Å².